The topological polar surface area (TPSA) is 117 Å². The zero-order valence-corrected chi connectivity index (χ0v) is 20.5. The molecule has 3 heterocycles. The maximum Gasteiger partial charge on any atom is 0.296 e. The van der Waals surface area contributed by atoms with Crippen LogP contribution in [-0.2, 0) is 16.1 Å². The van der Waals surface area contributed by atoms with E-state index in [1.807, 2.05) is 11.8 Å². The molecule has 2 aromatic rings. The molecule has 192 valence electrons. The molecule has 0 spiro atoms. The second kappa shape index (κ2) is 10.5. The zero-order chi connectivity index (χ0) is 26.0. The number of nitrogens with zero attached hydrogens (tertiary/aromatic N) is 4. The summed E-state index contributed by atoms with van der Waals surface area (Å²) in [5.41, 5.74) is 0.00423. The van der Waals surface area contributed by atoms with E-state index in [4.69, 9.17) is 4.74 Å². The van der Waals surface area contributed by atoms with Crippen molar-refractivity contribution in [3.8, 4) is 5.75 Å². The minimum atomic E-state index is -0.776. The van der Waals surface area contributed by atoms with Crippen LogP contribution < -0.4 is 15.8 Å². The van der Waals surface area contributed by atoms with E-state index < -0.39 is 40.8 Å². The maximum absolute atomic E-state index is 14.0. The number of benzene rings is 1. The third kappa shape index (κ3) is 4.83. The lowest BCUT2D eigenvalue weighted by Gasteiger charge is -2.28. The zero-order valence-electron chi connectivity index (χ0n) is 20.5. The lowest BCUT2D eigenvalue weighted by atomic mass is 10.1. The monoisotopic (exact) mass is 499 g/mol. The Hall–Kier alpha value is -3.73. The SMILES string of the molecule is CC[C@H]1COC[C@@H]2c3nc(c(O)c(=O)n31)C(=O)NCc1ccc(F)cc1N(C)CC/C=C/C(=O)N2C. The molecule has 0 saturated heterocycles. The summed E-state index contributed by atoms with van der Waals surface area (Å²) in [6.45, 7) is 2.67. The summed E-state index contributed by atoms with van der Waals surface area (Å²) in [4.78, 5) is 47.0. The van der Waals surface area contributed by atoms with Crippen molar-refractivity contribution >= 4 is 17.5 Å². The van der Waals surface area contributed by atoms with Crippen molar-refractivity contribution in [2.45, 2.75) is 38.4 Å². The molecule has 2 atom stereocenters. The van der Waals surface area contributed by atoms with Crippen molar-refractivity contribution in [1.29, 1.82) is 0 Å². The number of aromatic hydroxyl groups is 1. The average Bonchev–Trinajstić information content (AvgIpc) is 3.05. The lowest BCUT2D eigenvalue weighted by Crippen LogP contribution is -2.39. The molecule has 2 aliphatic rings. The molecule has 4 rings (SSSR count). The largest absolute Gasteiger partial charge is 0.501 e. The molecule has 0 aliphatic carbocycles. The number of fused-ring (bicyclic) bond motifs is 2. The molecule has 2 amide bonds. The van der Waals surface area contributed by atoms with Crippen molar-refractivity contribution < 1.29 is 23.8 Å². The van der Waals surface area contributed by atoms with Gasteiger partial charge in [0.1, 0.15) is 17.7 Å². The molecular weight excluding hydrogens is 469 g/mol. The van der Waals surface area contributed by atoms with Crippen LogP contribution in [0.3, 0.4) is 0 Å². The van der Waals surface area contributed by atoms with Gasteiger partial charge in [-0.25, -0.2) is 9.37 Å². The van der Waals surface area contributed by atoms with Crippen LogP contribution in [0.1, 0.15) is 53.7 Å². The molecule has 2 bridgehead atoms. The minimum absolute atomic E-state index is 0.0245. The second-order valence-corrected chi connectivity index (χ2v) is 8.98. The van der Waals surface area contributed by atoms with Crippen molar-refractivity contribution in [3.63, 3.8) is 0 Å². The van der Waals surface area contributed by atoms with E-state index in [1.165, 1.54) is 27.7 Å². The number of amides is 2. The van der Waals surface area contributed by atoms with E-state index in [1.54, 1.807) is 26.2 Å². The Morgan fingerprint density at radius 1 is 1.22 bits per heavy atom. The molecule has 36 heavy (non-hydrogen) atoms. The Balaban J connectivity index is 1.85. The molecule has 2 aliphatic heterocycles. The van der Waals surface area contributed by atoms with E-state index in [0.29, 0.717) is 30.6 Å². The Labute approximate surface area is 208 Å². The third-order valence-corrected chi connectivity index (χ3v) is 6.66. The van der Waals surface area contributed by atoms with Gasteiger partial charge in [-0.3, -0.25) is 19.0 Å². The van der Waals surface area contributed by atoms with Crippen molar-refractivity contribution in [2.75, 3.05) is 38.8 Å². The van der Waals surface area contributed by atoms with Gasteiger partial charge in [0.25, 0.3) is 11.5 Å². The van der Waals surface area contributed by atoms with Gasteiger partial charge in [0.05, 0.1) is 19.3 Å². The number of anilines is 1. The number of hydrogen-bond donors (Lipinski definition) is 2. The van der Waals surface area contributed by atoms with Gasteiger partial charge in [0.2, 0.25) is 11.7 Å². The number of carbonyl (C=O) groups is 2. The second-order valence-electron chi connectivity index (χ2n) is 8.98. The Bertz CT molecular complexity index is 1260. The molecular formula is C25H30FN5O5. The normalized spacial score (nSPS) is 22.0. The quantitative estimate of drug-likeness (QED) is 0.616. The minimum Gasteiger partial charge on any atom is -0.501 e. The summed E-state index contributed by atoms with van der Waals surface area (Å²) in [5.74, 6) is -2.12. The van der Waals surface area contributed by atoms with Crippen LogP contribution in [0.2, 0.25) is 0 Å². The van der Waals surface area contributed by atoms with Crippen LogP contribution in [0.25, 0.3) is 0 Å². The van der Waals surface area contributed by atoms with Gasteiger partial charge in [0.15, 0.2) is 5.69 Å². The van der Waals surface area contributed by atoms with Crippen LogP contribution in [0.4, 0.5) is 10.1 Å². The van der Waals surface area contributed by atoms with Crippen LogP contribution in [0, 0.1) is 5.82 Å². The fraction of sp³-hybridized carbons (Fsp3) is 0.440. The standard InChI is InChI=1S/C25H30FN5O5/c1-4-17-13-36-14-19-23-28-21(22(33)25(35)31(17)23)24(34)27-12-15-8-9-16(26)11-18(15)29(2)10-6-5-7-20(32)30(19)3/h5,7-9,11,17,19,33H,4,6,10,12-14H2,1-3H3,(H,27,34)/b7-5+/t17-,19+/m0/s1. The van der Waals surface area contributed by atoms with Crippen LogP contribution in [0.5, 0.6) is 5.75 Å². The number of nitrogens with one attached hydrogen (secondary N) is 1. The summed E-state index contributed by atoms with van der Waals surface area (Å²) in [6, 6.07) is 3.06. The van der Waals surface area contributed by atoms with Gasteiger partial charge >= 0.3 is 0 Å². The van der Waals surface area contributed by atoms with E-state index in [2.05, 4.69) is 10.3 Å². The highest BCUT2D eigenvalue weighted by Gasteiger charge is 2.34. The van der Waals surface area contributed by atoms with E-state index >= 15 is 0 Å². The fourth-order valence-corrected chi connectivity index (χ4v) is 4.48. The third-order valence-electron chi connectivity index (χ3n) is 6.66. The first-order valence-electron chi connectivity index (χ1n) is 11.9. The van der Waals surface area contributed by atoms with Crippen molar-refractivity contribution in [3.05, 3.63) is 63.6 Å². The van der Waals surface area contributed by atoms with Crippen LogP contribution >= 0.6 is 0 Å². The first-order chi connectivity index (χ1) is 17.2. The Morgan fingerprint density at radius 2 is 2.00 bits per heavy atom. The molecule has 0 saturated carbocycles. The van der Waals surface area contributed by atoms with Crippen LogP contribution in [0.15, 0.2) is 35.1 Å². The van der Waals surface area contributed by atoms with Gasteiger partial charge in [-0.05, 0) is 36.6 Å². The summed E-state index contributed by atoms with van der Waals surface area (Å²) in [6.07, 6.45) is 4.20. The molecule has 0 unspecified atom stereocenters. The van der Waals surface area contributed by atoms with Gasteiger partial charge in [0, 0.05) is 32.9 Å². The maximum atomic E-state index is 14.0. The predicted molar refractivity (Wildman–Crippen MR) is 130 cm³/mol. The van der Waals surface area contributed by atoms with Gasteiger partial charge in [-0.15, -0.1) is 0 Å². The predicted octanol–water partition coefficient (Wildman–Crippen LogP) is 1.89. The number of halogens is 1. The summed E-state index contributed by atoms with van der Waals surface area (Å²) in [5, 5.41) is 13.4. The van der Waals surface area contributed by atoms with Crippen LogP contribution in [-0.4, -0.2) is 65.2 Å². The molecule has 1 aromatic heterocycles. The smallest absolute Gasteiger partial charge is 0.296 e. The van der Waals surface area contributed by atoms with Gasteiger partial charge < -0.3 is 25.0 Å². The molecule has 0 fully saturated rings. The highest BCUT2D eigenvalue weighted by atomic mass is 19.1. The molecule has 11 heteroatoms. The highest BCUT2D eigenvalue weighted by molar-refractivity contribution is 5.94. The van der Waals surface area contributed by atoms with E-state index in [0.717, 1.165) is 0 Å². The average molecular weight is 500 g/mol. The summed E-state index contributed by atoms with van der Waals surface area (Å²) in [7, 11) is 3.36. The first kappa shape index (κ1) is 25.4. The molecule has 10 nitrogen and oxygen atoms in total. The number of rotatable bonds is 1. The molecule has 1 aromatic carbocycles. The van der Waals surface area contributed by atoms with Gasteiger partial charge in [-0.2, -0.15) is 0 Å². The van der Waals surface area contributed by atoms with Gasteiger partial charge in [-0.1, -0.05) is 19.1 Å². The molecule has 0 radical (unpaired) electrons. The Morgan fingerprint density at radius 3 is 2.75 bits per heavy atom. The fourth-order valence-electron chi connectivity index (χ4n) is 4.48. The van der Waals surface area contributed by atoms with Crippen molar-refractivity contribution in [2.24, 2.45) is 0 Å². The molecule has 2 N–H and O–H groups in total. The first-order valence-corrected chi connectivity index (χ1v) is 11.9. The number of ether oxygens (including phenoxy) is 1. The van der Waals surface area contributed by atoms with E-state index in [9.17, 15) is 23.9 Å². The number of likely N-dealkylation sites (N-methyl/N-ethyl adjacent to an activating group) is 1. The Kier molecular flexibility index (Phi) is 7.39. The lowest BCUT2D eigenvalue weighted by molar-refractivity contribution is -0.128. The number of hydrogen-bond acceptors (Lipinski definition) is 7. The van der Waals surface area contributed by atoms with E-state index in [-0.39, 0.29) is 31.5 Å². The van der Waals surface area contributed by atoms with Crippen molar-refractivity contribution in [1.82, 2.24) is 19.8 Å². The number of carbonyl (C=O) groups excluding carboxylic acids is 2. The summed E-state index contributed by atoms with van der Waals surface area (Å²) >= 11 is 0. The summed E-state index contributed by atoms with van der Waals surface area (Å²) < 4.78 is 21.1. The highest BCUT2D eigenvalue weighted by Crippen LogP contribution is 2.28. The number of aromatic nitrogens is 2.